The molecule has 1 aliphatic heterocycles. The molecule has 5 atom stereocenters. The summed E-state index contributed by atoms with van der Waals surface area (Å²) in [5, 5.41) is 13.8. The van der Waals surface area contributed by atoms with Gasteiger partial charge in [0.1, 0.15) is 11.9 Å². The van der Waals surface area contributed by atoms with Crippen molar-refractivity contribution in [1.29, 1.82) is 0 Å². The number of hydrogen-bond donors (Lipinski definition) is 1. The highest BCUT2D eigenvalue weighted by molar-refractivity contribution is 7.09. The number of ether oxygens (including phenoxy) is 1. The van der Waals surface area contributed by atoms with E-state index in [1.165, 1.54) is 0 Å². The Morgan fingerprint density at radius 2 is 1.74 bits per heavy atom. The van der Waals surface area contributed by atoms with Crippen molar-refractivity contribution in [3.63, 3.8) is 0 Å². The highest BCUT2D eigenvalue weighted by atomic mass is 32.1. The number of carbonyl (C=O) groups excluding carboxylic acids is 2. The van der Waals surface area contributed by atoms with Crippen LogP contribution in [0.4, 0.5) is 0 Å². The largest absolute Gasteiger partial charge is 0.458 e. The number of nitrogens with zero attached hydrogens (tertiary/aromatic N) is 1. The van der Waals surface area contributed by atoms with Gasteiger partial charge in [-0.2, -0.15) is 0 Å². The van der Waals surface area contributed by atoms with Crippen LogP contribution in [0.5, 0.6) is 0 Å². The second-order valence-electron chi connectivity index (χ2n) is 10.8. The normalized spacial score (nSPS) is 29.7. The summed E-state index contributed by atoms with van der Waals surface area (Å²) in [5.74, 6) is 0.397. The molecule has 0 aliphatic carbocycles. The first kappa shape index (κ1) is 31.5. The molecule has 1 aromatic heterocycles. The van der Waals surface area contributed by atoms with Crippen molar-refractivity contribution in [3.8, 4) is 0 Å². The number of Topliss-reactive ketones (excluding diaryl/α,β-unsaturated/α-hetero) is 1. The summed E-state index contributed by atoms with van der Waals surface area (Å²) < 4.78 is 5.88. The second kappa shape index (κ2) is 14.9. The number of rotatable bonds is 2. The van der Waals surface area contributed by atoms with Gasteiger partial charge in [-0.25, -0.2) is 4.98 Å². The topological polar surface area (TPSA) is 76.5 Å². The maximum Gasteiger partial charge on any atom is 0.309 e. The first-order chi connectivity index (χ1) is 16.4. The summed E-state index contributed by atoms with van der Waals surface area (Å²) in [5.41, 5.74) is 0.831. The lowest BCUT2D eigenvalue weighted by Gasteiger charge is -2.32. The van der Waals surface area contributed by atoms with Gasteiger partial charge in [-0.05, 0) is 56.6 Å². The van der Waals surface area contributed by atoms with Crippen LogP contribution in [0.2, 0.25) is 0 Å². The maximum absolute atomic E-state index is 13.1. The number of esters is 1. The molecule has 0 radical (unpaired) electrons. The van der Waals surface area contributed by atoms with E-state index < -0.39 is 17.5 Å². The monoisotopic (exact) mass is 507 g/mol. The fourth-order valence-corrected chi connectivity index (χ4v) is 5.36. The molecule has 0 aromatic carbocycles. The minimum absolute atomic E-state index is 0.0154. The van der Waals surface area contributed by atoms with Gasteiger partial charge in [-0.1, -0.05) is 67.7 Å². The highest BCUT2D eigenvalue weighted by Gasteiger charge is 2.40. The second-order valence-corrected chi connectivity index (χ2v) is 11.9. The predicted octanol–water partition coefficient (Wildman–Crippen LogP) is 7.40. The van der Waals surface area contributed by atoms with Crippen molar-refractivity contribution in [2.45, 2.75) is 119 Å². The standard InChI is InChI=1S/C27H43NO4S.C2H6/c1-17-9-8-10-18(2)13-20(4)26(31)27(6,7)24(29)15-25(30)32-23(12-11-17)19(3)14-22-16-33-21(5)28-22;1-2/h14,16-18,20,23-24,29H,8-13,15H2,1-7H3;1-2H3/b19-14+;/t17?,18?,20?,23-,24?;/m0./s1. The third-order valence-electron chi connectivity index (χ3n) is 7.14. The number of aromatic nitrogens is 1. The minimum atomic E-state index is -1.08. The van der Waals surface area contributed by atoms with Crippen LogP contribution in [0.15, 0.2) is 11.0 Å². The van der Waals surface area contributed by atoms with Gasteiger partial charge in [-0.15, -0.1) is 11.3 Å². The van der Waals surface area contributed by atoms with Crippen LogP contribution >= 0.6 is 11.3 Å². The van der Waals surface area contributed by atoms with Crippen LogP contribution < -0.4 is 0 Å². The molecule has 1 aromatic rings. The van der Waals surface area contributed by atoms with Crippen molar-refractivity contribution in [3.05, 3.63) is 21.7 Å². The number of hydrogen-bond acceptors (Lipinski definition) is 6. The molecule has 2 heterocycles. The Hall–Kier alpha value is -1.53. The van der Waals surface area contributed by atoms with Gasteiger partial charge in [-0.3, -0.25) is 9.59 Å². The predicted molar refractivity (Wildman–Crippen MR) is 146 cm³/mol. The summed E-state index contributed by atoms with van der Waals surface area (Å²) in [6, 6.07) is 0. The summed E-state index contributed by atoms with van der Waals surface area (Å²) >= 11 is 1.59. The highest BCUT2D eigenvalue weighted by Crippen LogP contribution is 2.32. The van der Waals surface area contributed by atoms with Crippen molar-refractivity contribution in [2.75, 3.05) is 0 Å². The van der Waals surface area contributed by atoms with Crippen LogP contribution in [0.3, 0.4) is 0 Å². The SMILES string of the molecule is C/C(=C\c1csc(C)n1)[C@@H]1CCC(C)CCCC(C)CC(C)C(=O)C(C)(C)C(O)CC(=O)O1.CC. The maximum atomic E-state index is 13.1. The van der Waals surface area contributed by atoms with Gasteiger partial charge in [0, 0.05) is 11.3 Å². The molecule has 1 aliphatic rings. The Kier molecular flexibility index (Phi) is 13.4. The minimum Gasteiger partial charge on any atom is -0.458 e. The molecule has 5 nitrogen and oxygen atoms in total. The van der Waals surface area contributed by atoms with E-state index in [4.69, 9.17) is 4.74 Å². The molecule has 0 spiro atoms. The van der Waals surface area contributed by atoms with E-state index in [1.807, 2.05) is 46.1 Å². The fourth-order valence-electron chi connectivity index (χ4n) is 4.79. The zero-order chi connectivity index (χ0) is 26.8. The average molecular weight is 508 g/mol. The zero-order valence-electron chi connectivity index (χ0n) is 23.5. The first-order valence-electron chi connectivity index (χ1n) is 13.4. The molecular weight excluding hydrogens is 458 g/mol. The Labute approximate surface area is 217 Å². The summed E-state index contributed by atoms with van der Waals surface area (Å²) in [6.45, 7) is 17.8. The third kappa shape index (κ3) is 10.2. The number of aliphatic hydroxyl groups excluding tert-OH is 1. The molecular formula is C29H49NO4S. The van der Waals surface area contributed by atoms with E-state index in [0.717, 1.165) is 54.8 Å². The van der Waals surface area contributed by atoms with Crippen LogP contribution in [0.1, 0.15) is 111 Å². The van der Waals surface area contributed by atoms with Crippen LogP contribution in [-0.4, -0.2) is 34.1 Å². The van der Waals surface area contributed by atoms with Crippen LogP contribution in [-0.2, 0) is 14.3 Å². The Morgan fingerprint density at radius 1 is 1.11 bits per heavy atom. The lowest BCUT2D eigenvalue weighted by molar-refractivity contribution is -0.153. The van der Waals surface area contributed by atoms with E-state index in [-0.39, 0.29) is 24.2 Å². The average Bonchev–Trinajstić information content (AvgIpc) is 3.20. The molecule has 0 amide bonds. The Morgan fingerprint density at radius 3 is 2.34 bits per heavy atom. The lowest BCUT2D eigenvalue weighted by Crippen LogP contribution is -2.42. The van der Waals surface area contributed by atoms with Crippen molar-refractivity contribution < 1.29 is 19.4 Å². The van der Waals surface area contributed by atoms with Gasteiger partial charge < -0.3 is 9.84 Å². The van der Waals surface area contributed by atoms with Gasteiger partial charge in [0.2, 0.25) is 0 Å². The number of ketones is 1. The molecule has 2 rings (SSSR count). The van der Waals surface area contributed by atoms with Gasteiger partial charge in [0.25, 0.3) is 0 Å². The van der Waals surface area contributed by atoms with Crippen molar-refractivity contribution in [2.24, 2.45) is 23.2 Å². The molecule has 0 bridgehead atoms. The lowest BCUT2D eigenvalue weighted by atomic mass is 9.74. The summed E-state index contributed by atoms with van der Waals surface area (Å²) in [6.07, 6.45) is 6.25. The van der Waals surface area contributed by atoms with Crippen molar-refractivity contribution >= 4 is 29.2 Å². The molecule has 1 N–H and O–H groups in total. The third-order valence-corrected chi connectivity index (χ3v) is 7.93. The Balaban J connectivity index is 0.00000298. The van der Waals surface area contributed by atoms with E-state index in [9.17, 15) is 14.7 Å². The van der Waals surface area contributed by atoms with E-state index in [1.54, 1.807) is 25.2 Å². The summed E-state index contributed by atoms with van der Waals surface area (Å²) in [7, 11) is 0. The fraction of sp³-hybridized carbons (Fsp3) is 0.759. The molecule has 200 valence electrons. The smallest absolute Gasteiger partial charge is 0.309 e. The number of aliphatic hydroxyl groups is 1. The number of thiazole rings is 1. The number of aryl methyl sites for hydroxylation is 1. The Bertz CT molecular complexity index is 828. The molecule has 1 saturated heterocycles. The van der Waals surface area contributed by atoms with E-state index >= 15 is 0 Å². The van der Waals surface area contributed by atoms with E-state index in [2.05, 4.69) is 18.8 Å². The zero-order valence-corrected chi connectivity index (χ0v) is 24.3. The number of cyclic esters (lactones) is 1. The molecule has 35 heavy (non-hydrogen) atoms. The van der Waals surface area contributed by atoms with Crippen LogP contribution in [0.25, 0.3) is 6.08 Å². The molecule has 0 saturated carbocycles. The van der Waals surface area contributed by atoms with Gasteiger partial charge in [0.05, 0.1) is 28.6 Å². The molecule has 1 fully saturated rings. The first-order valence-corrected chi connectivity index (χ1v) is 14.3. The van der Waals surface area contributed by atoms with Crippen LogP contribution in [0, 0.1) is 30.1 Å². The molecule has 6 heteroatoms. The van der Waals surface area contributed by atoms with Gasteiger partial charge in [0.15, 0.2) is 0 Å². The van der Waals surface area contributed by atoms with Gasteiger partial charge >= 0.3 is 5.97 Å². The summed E-state index contributed by atoms with van der Waals surface area (Å²) in [4.78, 5) is 30.5. The van der Waals surface area contributed by atoms with Crippen molar-refractivity contribution in [1.82, 2.24) is 4.98 Å². The van der Waals surface area contributed by atoms with E-state index in [0.29, 0.717) is 11.8 Å². The quantitative estimate of drug-likeness (QED) is 0.422. The number of carbonyl (C=O) groups is 2. The molecule has 4 unspecified atom stereocenters.